The largest absolute Gasteiger partial charge is 0.338 e. The smallest absolute Gasteiger partial charge is 0.263 e. The third kappa shape index (κ3) is 3.53. The van der Waals surface area contributed by atoms with Crippen molar-refractivity contribution in [3.05, 3.63) is 40.8 Å². The van der Waals surface area contributed by atoms with E-state index < -0.39 is 9.84 Å². The Morgan fingerprint density at radius 1 is 1.00 bits per heavy atom. The van der Waals surface area contributed by atoms with Gasteiger partial charge in [0.05, 0.1) is 15.5 Å². The molecular formula is C22H26N2O3S2. The van der Waals surface area contributed by atoms with Crippen LogP contribution in [-0.4, -0.2) is 56.3 Å². The van der Waals surface area contributed by atoms with Gasteiger partial charge in [0.2, 0.25) is 0 Å². The lowest BCUT2D eigenvalue weighted by Gasteiger charge is -2.40. The Morgan fingerprint density at radius 3 is 2.48 bits per heavy atom. The topological polar surface area (TPSA) is 57.7 Å². The van der Waals surface area contributed by atoms with Gasteiger partial charge in [-0.2, -0.15) is 0 Å². The number of sulfone groups is 1. The van der Waals surface area contributed by atoms with Crippen LogP contribution in [0.2, 0.25) is 0 Å². The Morgan fingerprint density at radius 2 is 1.72 bits per heavy atom. The maximum atomic E-state index is 13.1. The van der Waals surface area contributed by atoms with E-state index in [0.717, 1.165) is 41.9 Å². The fraction of sp³-hybridized carbons (Fsp3) is 0.500. The van der Waals surface area contributed by atoms with Gasteiger partial charge in [-0.05, 0) is 56.5 Å². The Balaban J connectivity index is 1.33. The lowest BCUT2D eigenvalue weighted by molar-refractivity contribution is 0.0594. The number of fused-ring (bicyclic) bond motifs is 3. The number of amides is 1. The second-order valence-electron chi connectivity index (χ2n) is 8.34. The zero-order chi connectivity index (χ0) is 20.0. The third-order valence-electron chi connectivity index (χ3n) is 6.49. The Bertz CT molecular complexity index is 1030. The molecule has 4 heterocycles. The number of carbonyl (C=O) groups excluding carboxylic acids is 1. The van der Waals surface area contributed by atoms with Crippen LogP contribution in [0, 0.1) is 0 Å². The predicted molar refractivity (Wildman–Crippen MR) is 115 cm³/mol. The molecule has 3 aliphatic rings. The molecule has 5 rings (SSSR count). The average molecular weight is 431 g/mol. The monoisotopic (exact) mass is 430 g/mol. The predicted octanol–water partition coefficient (Wildman–Crippen LogP) is 3.79. The van der Waals surface area contributed by atoms with Crippen LogP contribution in [0.5, 0.6) is 0 Å². The Kier molecular flexibility index (Phi) is 5.00. The van der Waals surface area contributed by atoms with Crippen LogP contribution in [0.25, 0.3) is 10.4 Å². The highest BCUT2D eigenvalue weighted by molar-refractivity contribution is 7.91. The summed E-state index contributed by atoms with van der Waals surface area (Å²) in [6.07, 6.45) is 6.01. The van der Waals surface area contributed by atoms with Crippen molar-refractivity contribution in [2.24, 2.45) is 0 Å². The first kappa shape index (κ1) is 19.3. The minimum Gasteiger partial charge on any atom is -0.338 e. The number of hydrogen-bond acceptors (Lipinski definition) is 5. The molecule has 0 N–H and O–H groups in total. The lowest BCUT2D eigenvalue weighted by Crippen LogP contribution is -2.48. The molecule has 2 fully saturated rings. The summed E-state index contributed by atoms with van der Waals surface area (Å²) in [5, 5.41) is 0. The first-order valence-electron chi connectivity index (χ1n) is 10.5. The van der Waals surface area contributed by atoms with E-state index in [-0.39, 0.29) is 11.7 Å². The van der Waals surface area contributed by atoms with E-state index >= 15 is 0 Å². The van der Waals surface area contributed by atoms with Gasteiger partial charge in [-0.15, -0.1) is 11.3 Å². The average Bonchev–Trinajstić information content (AvgIpc) is 3.17. The lowest BCUT2D eigenvalue weighted by atomic mass is 10.00. The minimum atomic E-state index is -3.34. The van der Waals surface area contributed by atoms with Gasteiger partial charge in [0, 0.05) is 29.6 Å². The number of thiophene rings is 1. The molecule has 0 radical (unpaired) electrons. The summed E-state index contributed by atoms with van der Waals surface area (Å²) in [6, 6.07) is 9.55. The molecule has 0 spiro atoms. The van der Waals surface area contributed by atoms with Crippen molar-refractivity contribution in [1.29, 1.82) is 0 Å². The number of rotatable bonds is 2. The molecule has 2 saturated heterocycles. The molecule has 7 heteroatoms. The van der Waals surface area contributed by atoms with Gasteiger partial charge in [0.1, 0.15) is 0 Å². The van der Waals surface area contributed by atoms with Crippen molar-refractivity contribution in [1.82, 2.24) is 9.80 Å². The van der Waals surface area contributed by atoms with E-state index in [1.165, 1.54) is 43.7 Å². The summed E-state index contributed by atoms with van der Waals surface area (Å²) in [5.74, 6) is 0.0385. The summed E-state index contributed by atoms with van der Waals surface area (Å²) >= 11 is 1.44. The van der Waals surface area contributed by atoms with Crippen molar-refractivity contribution >= 4 is 27.1 Å². The standard InChI is InChI=1S/C22H26N2O3S2/c25-22(24-12-8-17(9-13-24)23-10-4-1-5-11-23)19-14-16-15-29(26,27)20-7-3-2-6-18(20)21(16)28-19/h2-3,6-7,14,17H,1,4-5,8-13,15H2. The number of piperidine rings is 2. The van der Waals surface area contributed by atoms with E-state index in [0.29, 0.717) is 15.8 Å². The summed E-state index contributed by atoms with van der Waals surface area (Å²) < 4.78 is 25.2. The quantitative estimate of drug-likeness (QED) is 0.727. The first-order chi connectivity index (χ1) is 14.0. The molecule has 1 aromatic heterocycles. The summed E-state index contributed by atoms with van der Waals surface area (Å²) in [7, 11) is -3.34. The summed E-state index contributed by atoms with van der Waals surface area (Å²) in [4.78, 5) is 19.7. The zero-order valence-corrected chi connectivity index (χ0v) is 18.1. The highest BCUT2D eigenvalue weighted by atomic mass is 32.2. The molecule has 154 valence electrons. The Hall–Kier alpha value is -1.70. The highest BCUT2D eigenvalue weighted by Crippen LogP contribution is 2.43. The fourth-order valence-electron chi connectivity index (χ4n) is 4.95. The second kappa shape index (κ2) is 7.52. The maximum Gasteiger partial charge on any atom is 0.263 e. The van der Waals surface area contributed by atoms with Gasteiger partial charge in [0.15, 0.2) is 9.84 Å². The van der Waals surface area contributed by atoms with E-state index in [1.807, 2.05) is 23.1 Å². The molecule has 2 aromatic rings. The van der Waals surface area contributed by atoms with Crippen molar-refractivity contribution in [2.75, 3.05) is 26.2 Å². The molecular weight excluding hydrogens is 404 g/mol. The van der Waals surface area contributed by atoms with Crippen LogP contribution in [0.15, 0.2) is 35.2 Å². The molecule has 1 amide bonds. The number of likely N-dealkylation sites (tertiary alicyclic amines) is 2. The van der Waals surface area contributed by atoms with Crippen LogP contribution in [0.4, 0.5) is 0 Å². The van der Waals surface area contributed by atoms with Crippen LogP contribution < -0.4 is 0 Å². The van der Waals surface area contributed by atoms with Crippen molar-refractivity contribution in [3.8, 4) is 10.4 Å². The molecule has 3 aliphatic heterocycles. The van der Waals surface area contributed by atoms with Gasteiger partial charge < -0.3 is 9.80 Å². The van der Waals surface area contributed by atoms with E-state index in [4.69, 9.17) is 0 Å². The van der Waals surface area contributed by atoms with Crippen LogP contribution in [0.1, 0.15) is 47.3 Å². The van der Waals surface area contributed by atoms with Crippen molar-refractivity contribution in [3.63, 3.8) is 0 Å². The Labute approximate surface area is 176 Å². The number of carbonyl (C=O) groups is 1. The van der Waals surface area contributed by atoms with E-state index in [1.54, 1.807) is 12.1 Å². The molecule has 1 aromatic carbocycles. The minimum absolute atomic E-state index is 0.0137. The molecule has 29 heavy (non-hydrogen) atoms. The first-order valence-corrected chi connectivity index (χ1v) is 13.0. The van der Waals surface area contributed by atoms with Gasteiger partial charge >= 0.3 is 0 Å². The summed E-state index contributed by atoms with van der Waals surface area (Å²) in [6.45, 7) is 3.98. The van der Waals surface area contributed by atoms with Crippen LogP contribution in [0.3, 0.4) is 0 Å². The molecule has 0 bridgehead atoms. The maximum absolute atomic E-state index is 13.1. The summed E-state index contributed by atoms with van der Waals surface area (Å²) in [5.41, 5.74) is 1.50. The normalized spacial score (nSPS) is 22.1. The fourth-order valence-corrected chi connectivity index (χ4v) is 7.88. The van der Waals surface area contributed by atoms with Gasteiger partial charge in [-0.1, -0.05) is 24.6 Å². The van der Waals surface area contributed by atoms with Crippen molar-refractivity contribution < 1.29 is 13.2 Å². The number of hydrogen-bond donors (Lipinski definition) is 0. The van der Waals surface area contributed by atoms with Crippen molar-refractivity contribution in [2.45, 2.75) is 48.8 Å². The van der Waals surface area contributed by atoms with E-state index in [9.17, 15) is 13.2 Å². The van der Waals surface area contributed by atoms with Crippen LogP contribution in [-0.2, 0) is 15.6 Å². The molecule has 5 nitrogen and oxygen atoms in total. The molecule has 0 atom stereocenters. The van der Waals surface area contributed by atoms with Crippen LogP contribution >= 0.6 is 11.3 Å². The number of benzene rings is 1. The van der Waals surface area contributed by atoms with Gasteiger partial charge in [0.25, 0.3) is 5.91 Å². The third-order valence-corrected chi connectivity index (χ3v) is 9.41. The highest BCUT2D eigenvalue weighted by Gasteiger charge is 2.33. The molecule has 0 aliphatic carbocycles. The second-order valence-corrected chi connectivity index (χ2v) is 11.4. The number of nitrogens with zero attached hydrogens (tertiary/aromatic N) is 2. The van der Waals surface area contributed by atoms with Gasteiger partial charge in [-0.25, -0.2) is 8.42 Å². The van der Waals surface area contributed by atoms with E-state index in [2.05, 4.69) is 4.90 Å². The molecule has 0 saturated carbocycles. The van der Waals surface area contributed by atoms with Gasteiger partial charge in [-0.3, -0.25) is 4.79 Å². The molecule has 0 unspecified atom stereocenters. The SMILES string of the molecule is O=C(c1cc2c(s1)-c1ccccc1S(=O)(=O)C2)N1CCC(N2CCCCC2)CC1. The zero-order valence-electron chi connectivity index (χ0n) is 16.5.